The van der Waals surface area contributed by atoms with Crippen molar-refractivity contribution in [3.8, 4) is 0 Å². The van der Waals surface area contributed by atoms with Gasteiger partial charge in [-0.05, 0) is 37.1 Å². The van der Waals surface area contributed by atoms with Gasteiger partial charge >= 0.3 is 0 Å². The molecule has 2 rings (SSSR count). The molecule has 76 valence electrons. The Morgan fingerprint density at radius 1 is 1.50 bits per heavy atom. The predicted molar refractivity (Wildman–Crippen MR) is 63.4 cm³/mol. The fourth-order valence-electron chi connectivity index (χ4n) is 2.20. The van der Waals surface area contributed by atoms with E-state index in [0.29, 0.717) is 6.04 Å². The molecule has 0 saturated carbocycles. The second-order valence-corrected chi connectivity index (χ2v) is 4.85. The molecule has 1 aliphatic heterocycles. The molecule has 0 aliphatic carbocycles. The van der Waals surface area contributed by atoms with E-state index in [0.717, 1.165) is 13.1 Å². The average Bonchev–Trinajstić information content (AvgIpc) is 2.19. The Morgan fingerprint density at radius 3 is 3.00 bits per heavy atom. The van der Waals surface area contributed by atoms with Gasteiger partial charge in [-0.15, -0.1) is 0 Å². The zero-order valence-corrected chi connectivity index (χ0v) is 10.3. The van der Waals surface area contributed by atoms with Crippen molar-refractivity contribution >= 4 is 15.9 Å². The van der Waals surface area contributed by atoms with Crippen LogP contribution in [0.15, 0.2) is 22.7 Å². The zero-order chi connectivity index (χ0) is 10.1. The number of benzene rings is 1. The van der Waals surface area contributed by atoms with E-state index in [2.05, 4.69) is 52.9 Å². The summed E-state index contributed by atoms with van der Waals surface area (Å²) < 4.78 is 1.28. The highest BCUT2D eigenvalue weighted by molar-refractivity contribution is 9.10. The van der Waals surface area contributed by atoms with Crippen molar-refractivity contribution in [2.45, 2.75) is 32.9 Å². The lowest BCUT2D eigenvalue weighted by Crippen LogP contribution is -2.38. The van der Waals surface area contributed by atoms with Gasteiger partial charge in [0.25, 0.3) is 0 Å². The van der Waals surface area contributed by atoms with E-state index in [9.17, 15) is 0 Å². The van der Waals surface area contributed by atoms with Gasteiger partial charge in [0.2, 0.25) is 0 Å². The molecule has 1 atom stereocenters. The first-order chi connectivity index (χ1) is 6.72. The van der Waals surface area contributed by atoms with Crippen molar-refractivity contribution in [3.05, 3.63) is 33.8 Å². The summed E-state index contributed by atoms with van der Waals surface area (Å²) in [5.74, 6) is 0. The topological polar surface area (TPSA) is 3.24 Å². The Kier molecular flexibility index (Phi) is 2.93. The van der Waals surface area contributed by atoms with Gasteiger partial charge < -0.3 is 0 Å². The summed E-state index contributed by atoms with van der Waals surface area (Å²) in [5, 5.41) is 0. The van der Waals surface area contributed by atoms with Crippen LogP contribution in [0.5, 0.6) is 0 Å². The number of likely N-dealkylation sites (N-methyl/N-ethyl adjacent to an activating group) is 1. The summed E-state index contributed by atoms with van der Waals surface area (Å²) in [6, 6.07) is 7.19. The number of hydrogen-bond acceptors (Lipinski definition) is 1. The van der Waals surface area contributed by atoms with Gasteiger partial charge in [0.1, 0.15) is 0 Å². The van der Waals surface area contributed by atoms with Gasteiger partial charge in [-0.25, -0.2) is 0 Å². The summed E-state index contributed by atoms with van der Waals surface area (Å²) in [6.45, 7) is 6.80. The number of nitrogens with zero attached hydrogens (tertiary/aromatic N) is 1. The van der Waals surface area contributed by atoms with Gasteiger partial charge in [0.05, 0.1) is 0 Å². The summed E-state index contributed by atoms with van der Waals surface area (Å²) in [6.07, 6.45) is 1.17. The van der Waals surface area contributed by atoms with Crippen molar-refractivity contribution in [3.63, 3.8) is 0 Å². The minimum atomic E-state index is 0.672. The van der Waals surface area contributed by atoms with E-state index < -0.39 is 0 Å². The lowest BCUT2D eigenvalue weighted by atomic mass is 9.95. The van der Waals surface area contributed by atoms with Crippen LogP contribution < -0.4 is 0 Å². The summed E-state index contributed by atoms with van der Waals surface area (Å²) in [5.41, 5.74) is 2.99. The molecule has 0 radical (unpaired) electrons. The van der Waals surface area contributed by atoms with Gasteiger partial charge in [-0.3, -0.25) is 4.90 Å². The predicted octanol–water partition coefficient (Wildman–Crippen LogP) is 3.22. The van der Waals surface area contributed by atoms with E-state index in [1.807, 2.05) is 0 Å². The van der Waals surface area contributed by atoms with Crippen molar-refractivity contribution in [2.75, 3.05) is 6.54 Å². The summed E-state index contributed by atoms with van der Waals surface area (Å²) in [4.78, 5) is 2.52. The minimum Gasteiger partial charge on any atom is -0.296 e. The molecular weight excluding hydrogens is 238 g/mol. The number of fused-ring (bicyclic) bond motifs is 1. The summed E-state index contributed by atoms with van der Waals surface area (Å²) in [7, 11) is 0. The van der Waals surface area contributed by atoms with Crippen molar-refractivity contribution < 1.29 is 0 Å². The van der Waals surface area contributed by atoms with Gasteiger partial charge in [-0.2, -0.15) is 0 Å². The van der Waals surface area contributed by atoms with Crippen LogP contribution in [0.25, 0.3) is 0 Å². The molecule has 2 heteroatoms. The lowest BCUT2D eigenvalue weighted by Gasteiger charge is -2.34. The average molecular weight is 254 g/mol. The molecule has 14 heavy (non-hydrogen) atoms. The molecule has 0 N–H and O–H groups in total. The van der Waals surface area contributed by atoms with Crippen LogP contribution in [0.1, 0.15) is 25.0 Å². The highest BCUT2D eigenvalue weighted by atomic mass is 79.9. The fraction of sp³-hybridized carbons (Fsp3) is 0.500. The normalized spacial score (nSPS) is 22.1. The molecule has 0 spiro atoms. The van der Waals surface area contributed by atoms with Crippen molar-refractivity contribution in [1.82, 2.24) is 4.90 Å². The first-order valence-electron chi connectivity index (χ1n) is 5.22. The van der Waals surface area contributed by atoms with E-state index in [1.165, 1.54) is 22.0 Å². The van der Waals surface area contributed by atoms with Crippen LogP contribution >= 0.6 is 15.9 Å². The van der Waals surface area contributed by atoms with Crippen molar-refractivity contribution in [1.29, 1.82) is 0 Å². The molecule has 1 heterocycles. The van der Waals surface area contributed by atoms with Crippen LogP contribution in [0.4, 0.5) is 0 Å². The standard InChI is InChI=1S/C12H16BrN/c1-3-14-8-10-5-4-6-12(13)11(10)7-9(14)2/h4-6,9H,3,7-8H2,1-2H3. The minimum absolute atomic E-state index is 0.672. The van der Waals surface area contributed by atoms with Crippen LogP contribution in [0.2, 0.25) is 0 Å². The Morgan fingerprint density at radius 2 is 2.29 bits per heavy atom. The summed E-state index contributed by atoms with van der Waals surface area (Å²) >= 11 is 3.63. The van der Waals surface area contributed by atoms with Crippen molar-refractivity contribution in [2.24, 2.45) is 0 Å². The SMILES string of the molecule is CCN1Cc2cccc(Br)c2CC1C. The maximum atomic E-state index is 3.63. The maximum absolute atomic E-state index is 3.63. The highest BCUT2D eigenvalue weighted by Crippen LogP contribution is 2.28. The first-order valence-corrected chi connectivity index (χ1v) is 6.02. The molecule has 0 bridgehead atoms. The van der Waals surface area contributed by atoms with Gasteiger partial charge in [0, 0.05) is 17.1 Å². The zero-order valence-electron chi connectivity index (χ0n) is 8.76. The molecule has 1 unspecified atom stereocenters. The monoisotopic (exact) mass is 253 g/mol. The van der Waals surface area contributed by atoms with E-state index >= 15 is 0 Å². The highest BCUT2D eigenvalue weighted by Gasteiger charge is 2.22. The molecule has 0 saturated heterocycles. The third-order valence-electron chi connectivity index (χ3n) is 3.12. The molecular formula is C12H16BrN. The Bertz CT molecular complexity index is 335. The molecule has 1 nitrogen and oxygen atoms in total. The number of hydrogen-bond donors (Lipinski definition) is 0. The van der Waals surface area contributed by atoms with Crippen LogP contribution in [-0.4, -0.2) is 17.5 Å². The largest absolute Gasteiger partial charge is 0.296 e. The third kappa shape index (κ3) is 1.73. The third-order valence-corrected chi connectivity index (χ3v) is 3.86. The second kappa shape index (κ2) is 4.03. The molecule has 1 aromatic rings. The fourth-order valence-corrected chi connectivity index (χ4v) is 2.77. The Balaban J connectivity index is 2.35. The number of rotatable bonds is 1. The van der Waals surface area contributed by atoms with Crippen LogP contribution in [0.3, 0.4) is 0 Å². The van der Waals surface area contributed by atoms with E-state index in [4.69, 9.17) is 0 Å². The Hall–Kier alpha value is -0.340. The molecule has 1 aliphatic rings. The lowest BCUT2D eigenvalue weighted by molar-refractivity contribution is 0.194. The van der Waals surface area contributed by atoms with E-state index in [1.54, 1.807) is 0 Å². The van der Waals surface area contributed by atoms with E-state index in [-0.39, 0.29) is 0 Å². The number of halogens is 1. The molecule has 0 amide bonds. The maximum Gasteiger partial charge on any atom is 0.0239 e. The first kappa shape index (κ1) is 10.2. The smallest absolute Gasteiger partial charge is 0.0239 e. The van der Waals surface area contributed by atoms with Gasteiger partial charge in [-0.1, -0.05) is 35.0 Å². The van der Waals surface area contributed by atoms with Crippen LogP contribution in [0, 0.1) is 0 Å². The van der Waals surface area contributed by atoms with Crippen LogP contribution in [-0.2, 0) is 13.0 Å². The Labute approximate surface area is 94.2 Å². The second-order valence-electron chi connectivity index (χ2n) is 3.99. The molecule has 0 fully saturated rings. The van der Waals surface area contributed by atoms with Gasteiger partial charge in [0.15, 0.2) is 0 Å². The molecule has 1 aromatic carbocycles. The quantitative estimate of drug-likeness (QED) is 0.743. The molecule has 0 aromatic heterocycles.